The van der Waals surface area contributed by atoms with Gasteiger partial charge in [0.15, 0.2) is 0 Å². The number of hydrogen-bond acceptors (Lipinski definition) is 2. The summed E-state index contributed by atoms with van der Waals surface area (Å²) >= 11 is 0. The van der Waals surface area contributed by atoms with Gasteiger partial charge < -0.3 is 5.11 Å². The fourth-order valence-corrected chi connectivity index (χ4v) is 1.78. The fourth-order valence-electron chi connectivity index (χ4n) is 1.78. The van der Waals surface area contributed by atoms with Crippen molar-refractivity contribution in [2.75, 3.05) is 0 Å². The summed E-state index contributed by atoms with van der Waals surface area (Å²) in [5.74, 6) is 0. The van der Waals surface area contributed by atoms with Crippen molar-refractivity contribution in [2.45, 2.75) is 19.4 Å². The van der Waals surface area contributed by atoms with Crippen LogP contribution in [0, 0.1) is 6.92 Å². The first-order chi connectivity index (χ1) is 7.77. The molecular formula is C14H15NO. The lowest BCUT2D eigenvalue weighted by molar-refractivity contribution is 0.173. The van der Waals surface area contributed by atoms with Gasteiger partial charge in [-0.2, -0.15) is 0 Å². The van der Waals surface area contributed by atoms with Crippen molar-refractivity contribution in [3.8, 4) is 0 Å². The monoisotopic (exact) mass is 213 g/mol. The summed E-state index contributed by atoms with van der Waals surface area (Å²) in [6.07, 6.45) is 1.80. The van der Waals surface area contributed by atoms with Gasteiger partial charge in [0.25, 0.3) is 0 Å². The molecule has 0 saturated heterocycles. The Morgan fingerprint density at radius 2 is 1.88 bits per heavy atom. The van der Waals surface area contributed by atoms with E-state index in [0.717, 1.165) is 16.8 Å². The molecule has 0 bridgehead atoms. The normalized spacial score (nSPS) is 12.4. The van der Waals surface area contributed by atoms with Crippen LogP contribution < -0.4 is 0 Å². The molecule has 16 heavy (non-hydrogen) atoms. The van der Waals surface area contributed by atoms with Crippen LogP contribution in [0.2, 0.25) is 0 Å². The molecule has 1 aromatic heterocycles. The SMILES string of the molecule is Cc1cccnc1C(O)Cc1ccccc1. The Morgan fingerprint density at radius 3 is 2.56 bits per heavy atom. The summed E-state index contributed by atoms with van der Waals surface area (Å²) < 4.78 is 0. The van der Waals surface area contributed by atoms with Gasteiger partial charge in [-0.3, -0.25) is 4.98 Å². The Hall–Kier alpha value is -1.67. The van der Waals surface area contributed by atoms with Gasteiger partial charge in [0.05, 0.1) is 5.69 Å². The molecule has 2 heteroatoms. The van der Waals surface area contributed by atoms with Crippen LogP contribution in [-0.2, 0) is 6.42 Å². The van der Waals surface area contributed by atoms with Crippen LogP contribution >= 0.6 is 0 Å². The van der Waals surface area contributed by atoms with Crippen LogP contribution in [0.5, 0.6) is 0 Å². The smallest absolute Gasteiger partial charge is 0.100 e. The maximum absolute atomic E-state index is 10.1. The predicted octanol–water partition coefficient (Wildman–Crippen LogP) is 2.67. The van der Waals surface area contributed by atoms with E-state index in [1.54, 1.807) is 6.20 Å². The zero-order valence-corrected chi connectivity index (χ0v) is 9.30. The van der Waals surface area contributed by atoms with E-state index in [0.29, 0.717) is 6.42 Å². The minimum absolute atomic E-state index is 0.524. The molecular weight excluding hydrogens is 198 g/mol. The first-order valence-corrected chi connectivity index (χ1v) is 5.41. The first kappa shape index (κ1) is 10.8. The highest BCUT2D eigenvalue weighted by Gasteiger charge is 2.11. The highest BCUT2D eigenvalue weighted by Crippen LogP contribution is 2.18. The number of aromatic nitrogens is 1. The zero-order valence-electron chi connectivity index (χ0n) is 9.30. The number of benzene rings is 1. The van der Waals surface area contributed by atoms with E-state index in [4.69, 9.17) is 0 Å². The Kier molecular flexibility index (Phi) is 3.32. The highest BCUT2D eigenvalue weighted by atomic mass is 16.3. The lowest BCUT2D eigenvalue weighted by Gasteiger charge is -2.12. The maximum Gasteiger partial charge on any atom is 0.100 e. The Bertz CT molecular complexity index is 453. The molecule has 0 fully saturated rings. The van der Waals surface area contributed by atoms with E-state index in [9.17, 15) is 5.11 Å². The molecule has 1 aromatic carbocycles. The number of aliphatic hydroxyl groups excluding tert-OH is 1. The van der Waals surface area contributed by atoms with Crippen LogP contribution in [-0.4, -0.2) is 10.1 Å². The average Bonchev–Trinajstić information content (AvgIpc) is 2.31. The van der Waals surface area contributed by atoms with Gasteiger partial charge in [-0.25, -0.2) is 0 Å². The molecule has 0 saturated carbocycles. The molecule has 0 aliphatic carbocycles. The van der Waals surface area contributed by atoms with Crippen molar-refractivity contribution in [2.24, 2.45) is 0 Å². The predicted molar refractivity (Wildman–Crippen MR) is 64.1 cm³/mol. The van der Waals surface area contributed by atoms with Crippen LogP contribution in [0.25, 0.3) is 0 Å². The fraction of sp³-hybridized carbons (Fsp3) is 0.214. The molecule has 2 aromatic rings. The van der Waals surface area contributed by atoms with Gasteiger partial charge >= 0.3 is 0 Å². The molecule has 1 heterocycles. The summed E-state index contributed by atoms with van der Waals surface area (Å²) in [4.78, 5) is 4.22. The molecule has 0 radical (unpaired) electrons. The van der Waals surface area contributed by atoms with Crippen molar-refractivity contribution in [1.29, 1.82) is 0 Å². The Morgan fingerprint density at radius 1 is 1.12 bits per heavy atom. The topological polar surface area (TPSA) is 33.1 Å². The third kappa shape index (κ3) is 2.47. The minimum Gasteiger partial charge on any atom is -0.386 e. The third-order valence-electron chi connectivity index (χ3n) is 2.64. The molecule has 0 amide bonds. The van der Waals surface area contributed by atoms with E-state index in [-0.39, 0.29) is 0 Å². The maximum atomic E-state index is 10.1. The lowest BCUT2D eigenvalue weighted by atomic mass is 10.0. The first-order valence-electron chi connectivity index (χ1n) is 5.41. The third-order valence-corrected chi connectivity index (χ3v) is 2.64. The van der Waals surface area contributed by atoms with Crippen molar-refractivity contribution in [3.63, 3.8) is 0 Å². The van der Waals surface area contributed by atoms with E-state index >= 15 is 0 Å². The van der Waals surface area contributed by atoms with E-state index < -0.39 is 6.10 Å². The summed E-state index contributed by atoms with van der Waals surface area (Å²) in [6, 6.07) is 13.8. The minimum atomic E-state index is -0.524. The second kappa shape index (κ2) is 4.90. The molecule has 0 aliphatic rings. The second-order valence-electron chi connectivity index (χ2n) is 3.91. The van der Waals surface area contributed by atoms with Crippen LogP contribution in [0.4, 0.5) is 0 Å². The molecule has 2 rings (SSSR count). The van der Waals surface area contributed by atoms with Gasteiger partial charge in [0.1, 0.15) is 6.10 Å². The van der Waals surface area contributed by atoms with Crippen molar-refractivity contribution >= 4 is 0 Å². The summed E-state index contributed by atoms with van der Waals surface area (Å²) in [6.45, 7) is 1.97. The zero-order chi connectivity index (χ0) is 11.4. The molecule has 1 atom stereocenters. The largest absolute Gasteiger partial charge is 0.386 e. The quantitative estimate of drug-likeness (QED) is 0.850. The van der Waals surface area contributed by atoms with E-state index in [2.05, 4.69) is 4.98 Å². The lowest BCUT2D eigenvalue weighted by Crippen LogP contribution is -2.05. The summed E-state index contributed by atoms with van der Waals surface area (Å²) in [5, 5.41) is 10.1. The summed E-state index contributed by atoms with van der Waals surface area (Å²) in [7, 11) is 0. The highest BCUT2D eigenvalue weighted by molar-refractivity contribution is 5.23. The number of aryl methyl sites for hydroxylation is 1. The van der Waals surface area contributed by atoms with Gasteiger partial charge in [0.2, 0.25) is 0 Å². The number of pyridine rings is 1. The van der Waals surface area contributed by atoms with Crippen LogP contribution in [0.15, 0.2) is 48.7 Å². The molecule has 82 valence electrons. The number of hydrogen-bond donors (Lipinski definition) is 1. The summed E-state index contributed by atoms with van der Waals surface area (Å²) in [5.41, 5.74) is 2.93. The molecule has 2 nitrogen and oxygen atoms in total. The van der Waals surface area contributed by atoms with Gasteiger partial charge in [-0.05, 0) is 24.1 Å². The van der Waals surface area contributed by atoms with Crippen LogP contribution in [0.1, 0.15) is 22.9 Å². The number of nitrogens with zero attached hydrogens (tertiary/aromatic N) is 1. The van der Waals surface area contributed by atoms with Gasteiger partial charge in [0, 0.05) is 12.6 Å². The molecule has 0 aliphatic heterocycles. The molecule has 1 N–H and O–H groups in total. The molecule has 0 spiro atoms. The number of aliphatic hydroxyl groups is 1. The standard InChI is InChI=1S/C14H15NO/c1-11-6-5-9-15-14(11)13(16)10-12-7-3-2-4-8-12/h2-9,13,16H,10H2,1H3. The van der Waals surface area contributed by atoms with Gasteiger partial charge in [-0.15, -0.1) is 0 Å². The Labute approximate surface area is 95.6 Å². The van der Waals surface area contributed by atoms with Gasteiger partial charge in [-0.1, -0.05) is 36.4 Å². The van der Waals surface area contributed by atoms with Crippen LogP contribution in [0.3, 0.4) is 0 Å². The van der Waals surface area contributed by atoms with Crippen molar-refractivity contribution < 1.29 is 5.11 Å². The average molecular weight is 213 g/mol. The van der Waals surface area contributed by atoms with Crippen molar-refractivity contribution in [1.82, 2.24) is 4.98 Å². The van der Waals surface area contributed by atoms with E-state index in [1.807, 2.05) is 49.4 Å². The second-order valence-corrected chi connectivity index (χ2v) is 3.91. The van der Waals surface area contributed by atoms with Crippen molar-refractivity contribution in [3.05, 3.63) is 65.5 Å². The number of rotatable bonds is 3. The molecule has 1 unspecified atom stereocenters. The van der Waals surface area contributed by atoms with E-state index in [1.165, 1.54) is 0 Å². The Balaban J connectivity index is 2.15.